The van der Waals surface area contributed by atoms with E-state index in [0.717, 1.165) is 9.75 Å². The van der Waals surface area contributed by atoms with Gasteiger partial charge in [0.05, 0.1) is 6.04 Å². The van der Waals surface area contributed by atoms with Crippen LogP contribution in [0.5, 0.6) is 0 Å². The third-order valence-corrected chi connectivity index (χ3v) is 4.85. The Labute approximate surface area is 133 Å². The summed E-state index contributed by atoms with van der Waals surface area (Å²) >= 11 is 3.09. The van der Waals surface area contributed by atoms with Crippen molar-refractivity contribution >= 4 is 34.6 Å². The van der Waals surface area contributed by atoms with Crippen LogP contribution in [0.15, 0.2) is 51.6 Å². The number of carboxylic acids is 1. The lowest BCUT2D eigenvalue weighted by Crippen LogP contribution is -2.27. The maximum atomic E-state index is 12.3. The normalized spacial score (nSPS) is 10.8. The molecule has 0 radical (unpaired) electrons. The van der Waals surface area contributed by atoms with Crippen molar-refractivity contribution in [1.82, 2.24) is 5.32 Å². The van der Waals surface area contributed by atoms with E-state index in [-0.39, 0.29) is 17.6 Å². The number of thiophene rings is 2. The van der Waals surface area contributed by atoms with Crippen LogP contribution in [-0.4, -0.2) is 17.0 Å². The highest BCUT2D eigenvalue weighted by atomic mass is 32.1. The molecule has 0 aliphatic rings. The van der Waals surface area contributed by atoms with Gasteiger partial charge < -0.3 is 14.8 Å². The van der Waals surface area contributed by atoms with Crippen LogP contribution < -0.4 is 5.32 Å². The second kappa shape index (κ2) is 6.17. The summed E-state index contributed by atoms with van der Waals surface area (Å²) in [6.07, 6.45) is 0. The number of carbonyl (C=O) groups is 2. The minimum atomic E-state index is -1.20. The van der Waals surface area contributed by atoms with Crippen molar-refractivity contribution in [2.24, 2.45) is 0 Å². The molecule has 112 valence electrons. The Hall–Kier alpha value is -2.38. The standard InChI is InChI=1S/C15H11NO4S2/c17-14(9-5-6-10(20-9)15(18)19)16-13(11-3-1-7-21-11)12-4-2-8-22-12/h1-8,13H,(H,16,17)(H,18,19). The Balaban J connectivity index is 1.84. The van der Waals surface area contributed by atoms with E-state index < -0.39 is 11.9 Å². The molecule has 1 amide bonds. The number of aromatic carboxylic acids is 1. The summed E-state index contributed by atoms with van der Waals surface area (Å²) in [4.78, 5) is 25.1. The van der Waals surface area contributed by atoms with Crippen LogP contribution in [-0.2, 0) is 0 Å². The third-order valence-electron chi connectivity index (χ3n) is 2.97. The van der Waals surface area contributed by atoms with E-state index in [9.17, 15) is 9.59 Å². The Kier molecular flexibility index (Phi) is 4.08. The number of rotatable bonds is 5. The SMILES string of the molecule is O=C(O)c1ccc(C(=O)NC(c2cccs2)c2cccs2)o1. The van der Waals surface area contributed by atoms with Gasteiger partial charge in [0.15, 0.2) is 5.76 Å². The minimum absolute atomic E-state index is 0.0180. The van der Waals surface area contributed by atoms with Crippen LogP contribution in [0.2, 0.25) is 0 Å². The Morgan fingerprint density at radius 1 is 1.00 bits per heavy atom. The Morgan fingerprint density at radius 2 is 1.59 bits per heavy atom. The second-order valence-corrected chi connectivity index (χ2v) is 6.36. The maximum absolute atomic E-state index is 12.3. The molecule has 0 atom stereocenters. The van der Waals surface area contributed by atoms with E-state index in [2.05, 4.69) is 5.32 Å². The highest BCUT2D eigenvalue weighted by Crippen LogP contribution is 2.29. The fraction of sp³-hybridized carbons (Fsp3) is 0.0667. The van der Waals surface area contributed by atoms with Crippen LogP contribution in [0, 0.1) is 0 Å². The van der Waals surface area contributed by atoms with Crippen LogP contribution in [0.1, 0.15) is 36.9 Å². The Morgan fingerprint density at radius 3 is 2.05 bits per heavy atom. The number of carboxylic acid groups (broad SMARTS) is 1. The fourth-order valence-electron chi connectivity index (χ4n) is 1.97. The van der Waals surface area contributed by atoms with E-state index in [4.69, 9.17) is 9.52 Å². The first-order chi connectivity index (χ1) is 10.6. The van der Waals surface area contributed by atoms with Gasteiger partial charge in [0.1, 0.15) is 0 Å². The zero-order chi connectivity index (χ0) is 15.5. The van der Waals surface area contributed by atoms with E-state index >= 15 is 0 Å². The minimum Gasteiger partial charge on any atom is -0.475 e. The van der Waals surface area contributed by atoms with Gasteiger partial charge in [0, 0.05) is 9.75 Å². The van der Waals surface area contributed by atoms with E-state index in [1.54, 1.807) is 22.7 Å². The van der Waals surface area contributed by atoms with Gasteiger partial charge in [0.25, 0.3) is 5.91 Å². The Bertz CT molecular complexity index is 740. The molecule has 0 fully saturated rings. The molecule has 3 aromatic heterocycles. The first-order valence-electron chi connectivity index (χ1n) is 6.36. The molecule has 0 spiro atoms. The molecule has 0 aromatic carbocycles. The topological polar surface area (TPSA) is 79.5 Å². The summed E-state index contributed by atoms with van der Waals surface area (Å²) in [6.45, 7) is 0. The number of hydrogen-bond donors (Lipinski definition) is 2. The number of nitrogens with one attached hydrogen (secondary N) is 1. The molecule has 5 nitrogen and oxygen atoms in total. The molecule has 22 heavy (non-hydrogen) atoms. The van der Waals surface area contributed by atoms with Crippen molar-refractivity contribution in [2.45, 2.75) is 6.04 Å². The number of hydrogen-bond acceptors (Lipinski definition) is 5. The van der Waals surface area contributed by atoms with Crippen molar-refractivity contribution in [2.75, 3.05) is 0 Å². The lowest BCUT2D eigenvalue weighted by molar-refractivity contribution is 0.0659. The van der Waals surface area contributed by atoms with Gasteiger partial charge in [-0.05, 0) is 35.0 Å². The molecule has 0 unspecified atom stereocenters. The van der Waals surface area contributed by atoms with Crippen LogP contribution in [0.25, 0.3) is 0 Å². The van der Waals surface area contributed by atoms with E-state index in [0.29, 0.717) is 0 Å². The van der Waals surface area contributed by atoms with Gasteiger partial charge in [-0.1, -0.05) is 12.1 Å². The first kappa shape index (κ1) is 14.6. The zero-order valence-corrected chi connectivity index (χ0v) is 12.8. The molecule has 0 saturated carbocycles. The van der Waals surface area contributed by atoms with Gasteiger partial charge in [-0.2, -0.15) is 0 Å². The van der Waals surface area contributed by atoms with Crippen LogP contribution >= 0.6 is 22.7 Å². The third kappa shape index (κ3) is 2.95. The largest absolute Gasteiger partial charge is 0.475 e. The van der Waals surface area contributed by atoms with Gasteiger partial charge in [-0.25, -0.2) is 4.79 Å². The van der Waals surface area contributed by atoms with Crippen molar-refractivity contribution in [3.8, 4) is 0 Å². The molecular weight excluding hydrogens is 322 g/mol. The lowest BCUT2D eigenvalue weighted by atomic mass is 10.2. The first-order valence-corrected chi connectivity index (χ1v) is 8.12. The lowest BCUT2D eigenvalue weighted by Gasteiger charge is -2.15. The second-order valence-electron chi connectivity index (χ2n) is 4.41. The molecule has 0 aliphatic carbocycles. The van der Waals surface area contributed by atoms with Crippen molar-refractivity contribution in [3.05, 3.63) is 68.4 Å². The molecule has 0 aliphatic heterocycles. The van der Waals surface area contributed by atoms with E-state index in [1.807, 2.05) is 35.0 Å². The molecule has 2 N–H and O–H groups in total. The average molecular weight is 333 g/mol. The van der Waals surface area contributed by atoms with Crippen molar-refractivity contribution in [1.29, 1.82) is 0 Å². The number of carbonyl (C=O) groups excluding carboxylic acids is 1. The average Bonchev–Trinajstić information content (AvgIpc) is 3.26. The molecule has 3 rings (SSSR count). The summed E-state index contributed by atoms with van der Waals surface area (Å²) in [6, 6.07) is 10.1. The molecule has 0 saturated heterocycles. The summed E-state index contributed by atoms with van der Waals surface area (Å²) in [5.41, 5.74) is 0. The van der Waals surface area contributed by atoms with Crippen LogP contribution in [0.3, 0.4) is 0 Å². The summed E-state index contributed by atoms with van der Waals surface area (Å²) in [5, 5.41) is 15.6. The highest BCUT2D eigenvalue weighted by molar-refractivity contribution is 7.11. The van der Waals surface area contributed by atoms with Crippen molar-refractivity contribution in [3.63, 3.8) is 0 Å². The van der Waals surface area contributed by atoms with Crippen LogP contribution in [0.4, 0.5) is 0 Å². The predicted octanol–water partition coefficient (Wildman–Crippen LogP) is 3.62. The summed E-state index contributed by atoms with van der Waals surface area (Å²) in [5.74, 6) is -1.92. The highest BCUT2D eigenvalue weighted by Gasteiger charge is 2.22. The molecule has 3 heterocycles. The van der Waals surface area contributed by atoms with Gasteiger partial charge in [-0.15, -0.1) is 22.7 Å². The monoisotopic (exact) mass is 333 g/mol. The quantitative estimate of drug-likeness (QED) is 0.747. The predicted molar refractivity (Wildman–Crippen MR) is 83.6 cm³/mol. The van der Waals surface area contributed by atoms with Gasteiger partial charge in [0.2, 0.25) is 5.76 Å². The van der Waals surface area contributed by atoms with E-state index in [1.165, 1.54) is 12.1 Å². The maximum Gasteiger partial charge on any atom is 0.371 e. The van der Waals surface area contributed by atoms with Crippen molar-refractivity contribution < 1.29 is 19.1 Å². The summed E-state index contributed by atoms with van der Waals surface area (Å²) in [7, 11) is 0. The zero-order valence-electron chi connectivity index (χ0n) is 11.2. The number of furan rings is 1. The molecular formula is C15H11NO4S2. The fourth-order valence-corrected chi connectivity index (χ4v) is 3.63. The molecule has 7 heteroatoms. The smallest absolute Gasteiger partial charge is 0.371 e. The molecule has 3 aromatic rings. The molecule has 0 bridgehead atoms. The van der Waals surface area contributed by atoms with Gasteiger partial charge >= 0.3 is 5.97 Å². The summed E-state index contributed by atoms with van der Waals surface area (Å²) < 4.78 is 5.04. The van der Waals surface area contributed by atoms with Gasteiger partial charge in [-0.3, -0.25) is 4.79 Å². The number of amides is 1.